The zero-order valence-electron chi connectivity index (χ0n) is 8.93. The van der Waals surface area contributed by atoms with E-state index in [1.165, 1.54) is 0 Å². The number of amides is 2. The number of urea groups is 1. The van der Waals surface area contributed by atoms with Gasteiger partial charge in [-0.2, -0.15) is 13.2 Å². The van der Waals surface area contributed by atoms with Gasteiger partial charge >= 0.3 is 12.2 Å². The lowest BCUT2D eigenvalue weighted by Crippen LogP contribution is -2.28. The second kappa shape index (κ2) is 4.89. The lowest BCUT2D eigenvalue weighted by molar-refractivity contribution is -0.136. The number of nitrogens with one attached hydrogen (secondary N) is 2. The van der Waals surface area contributed by atoms with Crippen LogP contribution in [0.25, 0.3) is 0 Å². The molecule has 1 aromatic heterocycles. The minimum atomic E-state index is -4.58. The molecule has 1 aromatic rings. The van der Waals surface area contributed by atoms with Crippen LogP contribution in [0.5, 0.6) is 0 Å². The van der Waals surface area contributed by atoms with Crippen molar-refractivity contribution in [2.24, 2.45) is 0 Å². The number of nitrogen functional groups attached to an aromatic ring is 1. The maximum Gasteiger partial charge on any atom is 0.418 e. The summed E-state index contributed by atoms with van der Waals surface area (Å²) in [5.74, 6) is -0.211. The number of rotatable bonds is 2. The van der Waals surface area contributed by atoms with Crippen molar-refractivity contribution in [1.29, 1.82) is 0 Å². The Balaban J connectivity index is 2.93. The molecule has 8 heteroatoms. The van der Waals surface area contributed by atoms with Crippen LogP contribution in [0, 0.1) is 0 Å². The summed E-state index contributed by atoms with van der Waals surface area (Å²) in [6.07, 6.45) is -3.73. The van der Waals surface area contributed by atoms with Gasteiger partial charge in [-0.05, 0) is 13.0 Å². The van der Waals surface area contributed by atoms with Crippen LogP contribution in [0.15, 0.2) is 12.3 Å². The molecule has 0 saturated carbocycles. The maximum absolute atomic E-state index is 12.5. The highest BCUT2D eigenvalue weighted by Crippen LogP contribution is 2.34. The Morgan fingerprint density at radius 2 is 2.18 bits per heavy atom. The zero-order chi connectivity index (χ0) is 13.1. The van der Waals surface area contributed by atoms with Gasteiger partial charge in [-0.15, -0.1) is 0 Å². The van der Waals surface area contributed by atoms with E-state index in [9.17, 15) is 18.0 Å². The van der Waals surface area contributed by atoms with Crippen LogP contribution in [0.1, 0.15) is 12.5 Å². The third-order valence-corrected chi connectivity index (χ3v) is 1.82. The molecule has 4 N–H and O–H groups in total. The molecule has 0 atom stereocenters. The summed E-state index contributed by atoms with van der Waals surface area (Å²) in [7, 11) is 0. The Kier molecular flexibility index (Phi) is 3.77. The summed E-state index contributed by atoms with van der Waals surface area (Å²) < 4.78 is 37.4. The van der Waals surface area contributed by atoms with Gasteiger partial charge in [-0.25, -0.2) is 9.78 Å². The molecule has 0 aliphatic heterocycles. The van der Waals surface area contributed by atoms with Gasteiger partial charge in [0.05, 0.1) is 17.4 Å². The average Bonchev–Trinajstić information content (AvgIpc) is 2.19. The number of pyridine rings is 1. The van der Waals surface area contributed by atoms with Gasteiger partial charge in [0, 0.05) is 6.54 Å². The zero-order valence-corrected chi connectivity index (χ0v) is 8.93. The van der Waals surface area contributed by atoms with Crippen LogP contribution in [0.4, 0.5) is 29.5 Å². The number of carbonyl (C=O) groups excluding carboxylic acids is 1. The minimum absolute atomic E-state index is 0.211. The Morgan fingerprint density at radius 1 is 1.53 bits per heavy atom. The third kappa shape index (κ3) is 3.51. The highest BCUT2D eigenvalue weighted by atomic mass is 19.4. The molecule has 0 fully saturated rings. The summed E-state index contributed by atoms with van der Waals surface area (Å²) in [5.41, 5.74) is 3.64. The lowest BCUT2D eigenvalue weighted by atomic mass is 10.2. The van der Waals surface area contributed by atoms with Crippen LogP contribution in [-0.4, -0.2) is 17.6 Å². The normalized spacial score (nSPS) is 11.1. The first kappa shape index (κ1) is 13.1. The van der Waals surface area contributed by atoms with Crippen molar-refractivity contribution in [3.05, 3.63) is 17.8 Å². The van der Waals surface area contributed by atoms with E-state index < -0.39 is 23.5 Å². The van der Waals surface area contributed by atoms with E-state index in [2.05, 4.69) is 15.6 Å². The Hall–Kier alpha value is -1.99. The molecule has 94 valence electrons. The van der Waals surface area contributed by atoms with Crippen molar-refractivity contribution in [3.8, 4) is 0 Å². The first-order valence-electron chi connectivity index (χ1n) is 4.72. The van der Waals surface area contributed by atoms with E-state index in [-0.39, 0.29) is 5.82 Å². The van der Waals surface area contributed by atoms with Crippen molar-refractivity contribution < 1.29 is 18.0 Å². The number of hydrogen-bond acceptors (Lipinski definition) is 3. The van der Waals surface area contributed by atoms with Crippen molar-refractivity contribution in [2.45, 2.75) is 13.1 Å². The van der Waals surface area contributed by atoms with Gasteiger partial charge in [0.1, 0.15) is 5.82 Å². The summed E-state index contributed by atoms with van der Waals surface area (Å²) >= 11 is 0. The Bertz CT molecular complexity index is 419. The lowest BCUT2D eigenvalue weighted by Gasteiger charge is -2.11. The highest BCUT2D eigenvalue weighted by molar-refractivity contribution is 5.88. The molecule has 0 aromatic carbocycles. The van der Waals surface area contributed by atoms with Crippen LogP contribution in [0.2, 0.25) is 0 Å². The summed E-state index contributed by atoms with van der Waals surface area (Å²) in [6.45, 7) is 2.03. The summed E-state index contributed by atoms with van der Waals surface area (Å²) in [6, 6.07) is 0.0581. The molecule has 17 heavy (non-hydrogen) atoms. The van der Waals surface area contributed by atoms with E-state index in [4.69, 9.17) is 5.73 Å². The molecule has 0 spiro atoms. The molecule has 0 aliphatic carbocycles. The van der Waals surface area contributed by atoms with Crippen molar-refractivity contribution in [1.82, 2.24) is 10.3 Å². The molecule has 1 rings (SSSR count). The number of alkyl halides is 3. The maximum atomic E-state index is 12.5. The number of carbonyl (C=O) groups is 1. The van der Waals surface area contributed by atoms with Gasteiger partial charge in [0.15, 0.2) is 0 Å². The van der Waals surface area contributed by atoms with Crippen molar-refractivity contribution in [3.63, 3.8) is 0 Å². The van der Waals surface area contributed by atoms with Gasteiger partial charge < -0.3 is 11.1 Å². The first-order chi connectivity index (χ1) is 7.84. The van der Waals surface area contributed by atoms with Crippen molar-refractivity contribution in [2.75, 3.05) is 17.6 Å². The molecule has 0 saturated heterocycles. The quantitative estimate of drug-likeness (QED) is 0.746. The van der Waals surface area contributed by atoms with Crippen molar-refractivity contribution >= 4 is 17.5 Å². The standard InChI is InChI=1S/C9H11F3N4O/c1-2-14-8(17)16-7-3-5(9(10,11)12)6(13)4-15-7/h3-4H,2,13H2,1H3,(H2,14,15,16,17). The molecular formula is C9H11F3N4O. The number of hydrogen-bond donors (Lipinski definition) is 3. The molecule has 1 heterocycles. The number of aromatic nitrogens is 1. The fourth-order valence-electron chi connectivity index (χ4n) is 1.10. The van der Waals surface area contributed by atoms with Crippen LogP contribution >= 0.6 is 0 Å². The van der Waals surface area contributed by atoms with Crippen LogP contribution in [-0.2, 0) is 6.18 Å². The van der Waals surface area contributed by atoms with E-state index in [1.807, 2.05) is 0 Å². The molecule has 5 nitrogen and oxygen atoms in total. The molecule has 0 bridgehead atoms. The fourth-order valence-corrected chi connectivity index (χ4v) is 1.10. The van der Waals surface area contributed by atoms with E-state index >= 15 is 0 Å². The average molecular weight is 248 g/mol. The minimum Gasteiger partial charge on any atom is -0.397 e. The van der Waals surface area contributed by atoms with Gasteiger partial charge in [-0.3, -0.25) is 5.32 Å². The van der Waals surface area contributed by atoms with Crippen LogP contribution < -0.4 is 16.4 Å². The topological polar surface area (TPSA) is 80.0 Å². The van der Waals surface area contributed by atoms with Gasteiger partial charge in [-0.1, -0.05) is 0 Å². The summed E-state index contributed by atoms with van der Waals surface area (Å²) in [5, 5.41) is 4.53. The molecular weight excluding hydrogens is 237 g/mol. The monoisotopic (exact) mass is 248 g/mol. The molecule has 2 amide bonds. The van der Waals surface area contributed by atoms with Gasteiger partial charge in [0.2, 0.25) is 0 Å². The van der Waals surface area contributed by atoms with E-state index in [0.717, 1.165) is 6.20 Å². The second-order valence-electron chi connectivity index (χ2n) is 3.14. The third-order valence-electron chi connectivity index (χ3n) is 1.82. The summed E-state index contributed by atoms with van der Waals surface area (Å²) in [4.78, 5) is 14.7. The fraction of sp³-hybridized carbons (Fsp3) is 0.333. The highest BCUT2D eigenvalue weighted by Gasteiger charge is 2.33. The Labute approximate surface area is 95.2 Å². The molecule has 0 aliphatic rings. The first-order valence-corrected chi connectivity index (χ1v) is 4.72. The largest absolute Gasteiger partial charge is 0.418 e. The SMILES string of the molecule is CCNC(=O)Nc1cc(C(F)(F)F)c(N)cn1. The predicted octanol–water partition coefficient (Wildman–Crippen LogP) is 1.82. The number of nitrogens with two attached hydrogens (primary N) is 1. The number of anilines is 2. The second-order valence-corrected chi connectivity index (χ2v) is 3.14. The Morgan fingerprint density at radius 3 is 2.71 bits per heavy atom. The molecule has 0 unspecified atom stereocenters. The number of halogens is 3. The molecule has 0 radical (unpaired) electrons. The number of nitrogens with zero attached hydrogens (tertiary/aromatic N) is 1. The van der Waals surface area contributed by atoms with E-state index in [0.29, 0.717) is 12.6 Å². The predicted molar refractivity (Wildman–Crippen MR) is 56.3 cm³/mol. The smallest absolute Gasteiger partial charge is 0.397 e. The van der Waals surface area contributed by atoms with Gasteiger partial charge in [0.25, 0.3) is 0 Å². The van der Waals surface area contributed by atoms with Crippen LogP contribution in [0.3, 0.4) is 0 Å². The van der Waals surface area contributed by atoms with E-state index in [1.54, 1.807) is 6.92 Å².